The molecule has 0 saturated carbocycles. The molecule has 1 unspecified atom stereocenters. The number of ether oxygens (including phenoxy) is 1. The third-order valence-electron chi connectivity index (χ3n) is 4.74. The van der Waals surface area contributed by atoms with Gasteiger partial charge in [0, 0.05) is 17.1 Å². The van der Waals surface area contributed by atoms with Crippen LogP contribution in [0.3, 0.4) is 0 Å². The molecule has 1 fully saturated rings. The molecule has 144 valence electrons. The van der Waals surface area contributed by atoms with Gasteiger partial charge in [0.1, 0.15) is 0 Å². The second kappa shape index (κ2) is 9.55. The molecule has 2 aromatic rings. The summed E-state index contributed by atoms with van der Waals surface area (Å²) in [5.41, 5.74) is 1.61. The number of nitrogens with zero attached hydrogens (tertiary/aromatic N) is 1. The number of esters is 1. The molecule has 1 aromatic carbocycles. The largest absolute Gasteiger partial charge is 0.466 e. The number of thiophene rings is 1. The molecule has 1 atom stereocenters. The summed E-state index contributed by atoms with van der Waals surface area (Å²) in [4.78, 5) is 27.7. The zero-order chi connectivity index (χ0) is 19.1. The van der Waals surface area contributed by atoms with Gasteiger partial charge in [0.05, 0.1) is 19.1 Å². The molecule has 2 heterocycles. The minimum atomic E-state index is -0.238. The summed E-state index contributed by atoms with van der Waals surface area (Å²) in [6.07, 6.45) is 4.60. The standard InChI is InChI=1S/C21H26N2O3S/c1-2-26-20(24)15-16-9-11-17(12-10-16)22-21(25)23-13-5-3-4-7-18(23)19-8-6-14-27-19/h6,8-12,14,18H,2-5,7,13,15H2,1H3,(H,22,25). The minimum absolute atomic E-state index is 0.0616. The summed E-state index contributed by atoms with van der Waals surface area (Å²) in [6, 6.07) is 11.6. The van der Waals surface area contributed by atoms with Crippen molar-refractivity contribution < 1.29 is 14.3 Å². The minimum Gasteiger partial charge on any atom is -0.466 e. The zero-order valence-electron chi connectivity index (χ0n) is 15.6. The van der Waals surface area contributed by atoms with Crippen molar-refractivity contribution in [3.63, 3.8) is 0 Å². The number of likely N-dealkylation sites (tertiary alicyclic amines) is 1. The van der Waals surface area contributed by atoms with E-state index in [1.165, 1.54) is 4.88 Å². The molecule has 0 radical (unpaired) electrons. The van der Waals surface area contributed by atoms with Crippen LogP contribution in [0.25, 0.3) is 0 Å². The van der Waals surface area contributed by atoms with Crippen LogP contribution in [0.1, 0.15) is 49.1 Å². The summed E-state index contributed by atoms with van der Waals surface area (Å²) in [5, 5.41) is 5.08. The molecule has 0 spiro atoms. The van der Waals surface area contributed by atoms with E-state index in [-0.39, 0.29) is 24.5 Å². The number of nitrogens with one attached hydrogen (secondary N) is 1. The Morgan fingerprint density at radius 3 is 2.70 bits per heavy atom. The fraction of sp³-hybridized carbons (Fsp3) is 0.429. The number of hydrogen-bond donors (Lipinski definition) is 1. The van der Waals surface area contributed by atoms with Crippen molar-refractivity contribution in [2.75, 3.05) is 18.5 Å². The Hall–Kier alpha value is -2.34. The van der Waals surface area contributed by atoms with Gasteiger partial charge in [0.25, 0.3) is 0 Å². The number of benzene rings is 1. The number of rotatable bonds is 5. The van der Waals surface area contributed by atoms with Crippen molar-refractivity contribution >= 4 is 29.0 Å². The zero-order valence-corrected chi connectivity index (χ0v) is 16.5. The van der Waals surface area contributed by atoms with Crippen molar-refractivity contribution in [3.05, 3.63) is 52.2 Å². The third-order valence-corrected chi connectivity index (χ3v) is 5.72. The van der Waals surface area contributed by atoms with E-state index >= 15 is 0 Å². The monoisotopic (exact) mass is 386 g/mol. The first-order chi connectivity index (χ1) is 13.2. The smallest absolute Gasteiger partial charge is 0.322 e. The number of urea groups is 1. The number of amides is 2. The van der Waals surface area contributed by atoms with E-state index < -0.39 is 0 Å². The van der Waals surface area contributed by atoms with E-state index in [1.807, 2.05) is 35.2 Å². The van der Waals surface area contributed by atoms with Crippen LogP contribution in [-0.2, 0) is 16.0 Å². The lowest BCUT2D eigenvalue weighted by molar-refractivity contribution is -0.142. The third kappa shape index (κ3) is 5.32. The highest BCUT2D eigenvalue weighted by Crippen LogP contribution is 2.33. The molecule has 3 rings (SSSR count). The first kappa shape index (κ1) is 19.4. The number of anilines is 1. The van der Waals surface area contributed by atoms with Crippen LogP contribution in [-0.4, -0.2) is 30.1 Å². The average molecular weight is 387 g/mol. The highest BCUT2D eigenvalue weighted by molar-refractivity contribution is 7.10. The van der Waals surface area contributed by atoms with Crippen LogP contribution < -0.4 is 5.32 Å². The predicted octanol–water partition coefficient (Wildman–Crippen LogP) is 5.00. The SMILES string of the molecule is CCOC(=O)Cc1ccc(NC(=O)N2CCCCCC2c2cccs2)cc1. The normalized spacial score (nSPS) is 17.2. The highest BCUT2D eigenvalue weighted by Gasteiger charge is 2.27. The Bertz CT molecular complexity index is 743. The number of carbonyl (C=O) groups is 2. The molecule has 0 bridgehead atoms. The molecule has 1 aliphatic heterocycles. The maximum atomic E-state index is 12.9. The maximum Gasteiger partial charge on any atom is 0.322 e. The van der Waals surface area contributed by atoms with E-state index in [2.05, 4.69) is 16.8 Å². The molecule has 5 nitrogen and oxygen atoms in total. The van der Waals surface area contributed by atoms with E-state index in [0.717, 1.165) is 43.5 Å². The number of hydrogen-bond acceptors (Lipinski definition) is 4. The van der Waals surface area contributed by atoms with Crippen molar-refractivity contribution in [3.8, 4) is 0 Å². The lowest BCUT2D eigenvalue weighted by Crippen LogP contribution is -2.37. The Morgan fingerprint density at radius 1 is 1.19 bits per heavy atom. The van der Waals surface area contributed by atoms with Gasteiger partial charge in [-0.1, -0.05) is 31.0 Å². The summed E-state index contributed by atoms with van der Waals surface area (Å²) in [6.45, 7) is 2.95. The summed E-state index contributed by atoms with van der Waals surface area (Å²) in [7, 11) is 0. The van der Waals surface area contributed by atoms with Gasteiger partial charge in [0.2, 0.25) is 0 Å². The van der Waals surface area contributed by atoms with Gasteiger partial charge in [0.15, 0.2) is 0 Å². The Morgan fingerprint density at radius 2 is 2.00 bits per heavy atom. The molecule has 0 aliphatic carbocycles. The van der Waals surface area contributed by atoms with E-state index in [4.69, 9.17) is 4.74 Å². The van der Waals surface area contributed by atoms with Crippen LogP contribution in [0, 0.1) is 0 Å². The molecular formula is C21H26N2O3S. The molecule has 1 saturated heterocycles. The molecule has 2 amide bonds. The van der Waals surface area contributed by atoms with Crippen LogP contribution in [0.4, 0.5) is 10.5 Å². The second-order valence-electron chi connectivity index (χ2n) is 6.68. The quantitative estimate of drug-likeness (QED) is 0.736. The van der Waals surface area contributed by atoms with Gasteiger partial charge in [-0.25, -0.2) is 4.79 Å². The molecule has 1 aliphatic rings. The molecule has 1 N–H and O–H groups in total. The molecule has 1 aromatic heterocycles. The maximum absolute atomic E-state index is 12.9. The summed E-state index contributed by atoms with van der Waals surface area (Å²) < 4.78 is 4.96. The van der Waals surface area contributed by atoms with Crippen molar-refractivity contribution in [1.29, 1.82) is 0 Å². The summed E-state index contributed by atoms with van der Waals surface area (Å²) >= 11 is 1.71. The molecular weight excluding hydrogens is 360 g/mol. The van der Waals surface area contributed by atoms with E-state index in [1.54, 1.807) is 18.3 Å². The van der Waals surface area contributed by atoms with Gasteiger partial charge in [-0.15, -0.1) is 11.3 Å². The molecule has 6 heteroatoms. The first-order valence-corrected chi connectivity index (χ1v) is 10.4. The topological polar surface area (TPSA) is 58.6 Å². The first-order valence-electron chi connectivity index (χ1n) is 9.53. The molecule has 27 heavy (non-hydrogen) atoms. The van der Waals surface area contributed by atoms with Crippen LogP contribution >= 0.6 is 11.3 Å². The van der Waals surface area contributed by atoms with Gasteiger partial charge < -0.3 is 15.0 Å². The summed E-state index contributed by atoms with van der Waals surface area (Å²) in [5.74, 6) is -0.238. The highest BCUT2D eigenvalue weighted by atomic mass is 32.1. The Kier molecular flexibility index (Phi) is 6.87. The second-order valence-corrected chi connectivity index (χ2v) is 7.66. The van der Waals surface area contributed by atoms with Crippen molar-refractivity contribution in [2.24, 2.45) is 0 Å². The van der Waals surface area contributed by atoms with Crippen LogP contribution in [0.2, 0.25) is 0 Å². The fourth-order valence-corrected chi connectivity index (χ4v) is 4.28. The van der Waals surface area contributed by atoms with Crippen molar-refractivity contribution in [1.82, 2.24) is 4.90 Å². The number of carbonyl (C=O) groups excluding carboxylic acids is 2. The van der Waals surface area contributed by atoms with Gasteiger partial charge in [-0.2, -0.15) is 0 Å². The van der Waals surface area contributed by atoms with Crippen LogP contribution in [0.5, 0.6) is 0 Å². The Labute approximate surface area is 164 Å². The van der Waals surface area contributed by atoms with Crippen LogP contribution in [0.15, 0.2) is 41.8 Å². The van der Waals surface area contributed by atoms with Gasteiger partial charge in [-0.05, 0) is 48.9 Å². The van der Waals surface area contributed by atoms with E-state index in [9.17, 15) is 9.59 Å². The van der Waals surface area contributed by atoms with E-state index in [0.29, 0.717) is 6.61 Å². The predicted molar refractivity (Wildman–Crippen MR) is 108 cm³/mol. The lowest BCUT2D eigenvalue weighted by Gasteiger charge is -2.29. The lowest BCUT2D eigenvalue weighted by atomic mass is 10.1. The van der Waals surface area contributed by atoms with Gasteiger partial charge >= 0.3 is 12.0 Å². The van der Waals surface area contributed by atoms with Gasteiger partial charge in [-0.3, -0.25) is 4.79 Å². The Balaban J connectivity index is 1.65. The van der Waals surface area contributed by atoms with Crippen molar-refractivity contribution in [2.45, 2.75) is 45.1 Å². The average Bonchev–Trinajstić information content (AvgIpc) is 3.07. The fourth-order valence-electron chi connectivity index (χ4n) is 3.41.